The summed E-state index contributed by atoms with van der Waals surface area (Å²) in [5.74, 6) is 0.135. The highest BCUT2D eigenvalue weighted by Gasteiger charge is 2.51. The molecule has 0 radical (unpaired) electrons. The van der Waals surface area contributed by atoms with Crippen molar-refractivity contribution in [1.82, 2.24) is 10.3 Å². The third kappa shape index (κ3) is 2.04. The Labute approximate surface area is 110 Å². The average Bonchev–Trinajstić information content (AvgIpc) is 3.05. The lowest BCUT2D eigenvalue weighted by atomic mass is 10.0. The fraction of sp³-hybridized carbons (Fsp3) is 0.286. The van der Waals surface area contributed by atoms with Gasteiger partial charge in [0.05, 0.1) is 17.7 Å². The number of nitrogens with zero attached hydrogens (tertiary/aromatic N) is 1. The fourth-order valence-corrected chi connectivity index (χ4v) is 3.09. The van der Waals surface area contributed by atoms with Gasteiger partial charge in [-0.1, -0.05) is 12.1 Å². The summed E-state index contributed by atoms with van der Waals surface area (Å²) in [4.78, 5) is 17.7. The van der Waals surface area contributed by atoms with Crippen molar-refractivity contribution in [3.8, 4) is 0 Å². The molecule has 2 heterocycles. The first kappa shape index (κ1) is 11.4. The summed E-state index contributed by atoms with van der Waals surface area (Å²) >= 11 is 1.67. The molecule has 0 bridgehead atoms. The molecule has 1 aliphatic carbocycles. The van der Waals surface area contributed by atoms with Crippen molar-refractivity contribution in [2.45, 2.75) is 24.8 Å². The van der Waals surface area contributed by atoms with E-state index in [0.717, 1.165) is 18.5 Å². The van der Waals surface area contributed by atoms with E-state index in [1.807, 2.05) is 29.6 Å². The van der Waals surface area contributed by atoms with Gasteiger partial charge in [-0.15, -0.1) is 11.3 Å². The molecule has 1 saturated carbocycles. The second-order valence-electron chi connectivity index (χ2n) is 4.56. The normalized spacial score (nSPS) is 16.2. The largest absolute Gasteiger partial charge is 0.350 e. The highest BCUT2D eigenvalue weighted by molar-refractivity contribution is 7.10. The van der Waals surface area contributed by atoms with Crippen LogP contribution in [0.4, 0.5) is 0 Å². The van der Waals surface area contributed by atoms with Crippen LogP contribution in [-0.4, -0.2) is 10.9 Å². The Bertz CT molecular complexity index is 532. The van der Waals surface area contributed by atoms with E-state index in [1.54, 1.807) is 17.5 Å². The number of thiophene rings is 1. The van der Waals surface area contributed by atoms with E-state index >= 15 is 0 Å². The predicted molar refractivity (Wildman–Crippen MR) is 71.3 cm³/mol. The molecule has 2 aromatic rings. The van der Waals surface area contributed by atoms with Gasteiger partial charge in [-0.05, 0) is 36.4 Å². The van der Waals surface area contributed by atoms with Crippen LogP contribution in [-0.2, 0) is 16.8 Å². The van der Waals surface area contributed by atoms with Crippen LogP contribution in [0.5, 0.6) is 0 Å². The fourth-order valence-electron chi connectivity index (χ4n) is 2.10. The molecule has 0 spiro atoms. The standard InChI is InChI=1S/C14H14N2OS/c17-13(16-10-11-4-1-2-8-15-11)14(6-7-14)12-5-3-9-18-12/h1-5,8-9H,6-7,10H2,(H,16,17). The molecule has 0 saturated heterocycles. The molecule has 1 amide bonds. The summed E-state index contributed by atoms with van der Waals surface area (Å²) in [5.41, 5.74) is 0.649. The van der Waals surface area contributed by atoms with E-state index in [4.69, 9.17) is 0 Å². The van der Waals surface area contributed by atoms with Crippen LogP contribution < -0.4 is 5.32 Å². The quantitative estimate of drug-likeness (QED) is 0.915. The molecular weight excluding hydrogens is 244 g/mol. The summed E-state index contributed by atoms with van der Waals surface area (Å²) in [6.45, 7) is 0.507. The first-order valence-corrected chi connectivity index (χ1v) is 6.91. The molecular formula is C14H14N2OS. The van der Waals surface area contributed by atoms with Crippen molar-refractivity contribution < 1.29 is 4.79 Å². The number of carbonyl (C=O) groups is 1. The Kier molecular flexibility index (Phi) is 2.88. The first-order valence-electron chi connectivity index (χ1n) is 6.03. The second-order valence-corrected chi connectivity index (χ2v) is 5.51. The van der Waals surface area contributed by atoms with E-state index in [-0.39, 0.29) is 11.3 Å². The Morgan fingerprint density at radius 2 is 2.22 bits per heavy atom. The maximum absolute atomic E-state index is 12.3. The van der Waals surface area contributed by atoms with Gasteiger partial charge in [-0.25, -0.2) is 0 Å². The van der Waals surface area contributed by atoms with Crippen LogP contribution in [0.15, 0.2) is 41.9 Å². The minimum absolute atomic E-state index is 0.135. The van der Waals surface area contributed by atoms with Crippen molar-refractivity contribution in [1.29, 1.82) is 0 Å². The minimum Gasteiger partial charge on any atom is -0.350 e. The van der Waals surface area contributed by atoms with E-state index in [9.17, 15) is 4.79 Å². The number of hydrogen-bond donors (Lipinski definition) is 1. The van der Waals surface area contributed by atoms with Gasteiger partial charge in [0.25, 0.3) is 0 Å². The highest BCUT2D eigenvalue weighted by atomic mass is 32.1. The van der Waals surface area contributed by atoms with Crippen molar-refractivity contribution in [3.63, 3.8) is 0 Å². The summed E-state index contributed by atoms with van der Waals surface area (Å²) < 4.78 is 0. The molecule has 0 atom stereocenters. The number of pyridine rings is 1. The molecule has 18 heavy (non-hydrogen) atoms. The molecule has 0 aromatic carbocycles. The van der Waals surface area contributed by atoms with E-state index in [0.29, 0.717) is 6.54 Å². The number of amides is 1. The van der Waals surface area contributed by atoms with Gasteiger partial charge in [0.15, 0.2) is 0 Å². The van der Waals surface area contributed by atoms with Crippen LogP contribution in [0, 0.1) is 0 Å². The third-order valence-electron chi connectivity index (χ3n) is 3.33. The molecule has 1 fully saturated rings. The summed E-state index contributed by atoms with van der Waals surface area (Å²) in [6, 6.07) is 9.79. The summed E-state index contributed by atoms with van der Waals surface area (Å²) in [5, 5.41) is 5.02. The zero-order valence-corrected chi connectivity index (χ0v) is 10.7. The Morgan fingerprint density at radius 3 is 2.83 bits per heavy atom. The lowest BCUT2D eigenvalue weighted by molar-refractivity contribution is -0.123. The van der Waals surface area contributed by atoms with E-state index < -0.39 is 0 Å². The number of rotatable bonds is 4. The van der Waals surface area contributed by atoms with Gasteiger partial charge >= 0.3 is 0 Å². The summed E-state index contributed by atoms with van der Waals surface area (Å²) in [6.07, 6.45) is 3.66. The minimum atomic E-state index is -0.247. The molecule has 0 unspecified atom stereocenters. The van der Waals surface area contributed by atoms with Crippen molar-refractivity contribution in [2.24, 2.45) is 0 Å². The highest BCUT2D eigenvalue weighted by Crippen LogP contribution is 2.50. The van der Waals surface area contributed by atoms with Gasteiger partial charge in [0.1, 0.15) is 0 Å². The monoisotopic (exact) mass is 258 g/mol. The number of hydrogen-bond acceptors (Lipinski definition) is 3. The molecule has 4 heteroatoms. The van der Waals surface area contributed by atoms with Gasteiger partial charge < -0.3 is 5.32 Å². The van der Waals surface area contributed by atoms with Crippen LogP contribution >= 0.6 is 11.3 Å². The van der Waals surface area contributed by atoms with Crippen molar-refractivity contribution in [3.05, 3.63) is 52.5 Å². The third-order valence-corrected chi connectivity index (χ3v) is 4.41. The Morgan fingerprint density at radius 1 is 1.33 bits per heavy atom. The van der Waals surface area contributed by atoms with Crippen LogP contribution in [0.1, 0.15) is 23.4 Å². The van der Waals surface area contributed by atoms with E-state index in [1.165, 1.54) is 4.88 Å². The van der Waals surface area contributed by atoms with Gasteiger partial charge in [0, 0.05) is 11.1 Å². The molecule has 3 nitrogen and oxygen atoms in total. The molecule has 2 aromatic heterocycles. The van der Waals surface area contributed by atoms with E-state index in [2.05, 4.69) is 16.4 Å². The topological polar surface area (TPSA) is 42.0 Å². The van der Waals surface area contributed by atoms with Crippen LogP contribution in [0.3, 0.4) is 0 Å². The Hall–Kier alpha value is -1.68. The smallest absolute Gasteiger partial charge is 0.231 e. The predicted octanol–water partition coefficient (Wildman–Crippen LogP) is 2.49. The lowest BCUT2D eigenvalue weighted by Gasteiger charge is -2.13. The lowest BCUT2D eigenvalue weighted by Crippen LogP contribution is -2.33. The van der Waals surface area contributed by atoms with Crippen LogP contribution in [0.25, 0.3) is 0 Å². The average molecular weight is 258 g/mol. The van der Waals surface area contributed by atoms with Crippen molar-refractivity contribution >= 4 is 17.2 Å². The first-order chi connectivity index (χ1) is 8.81. The zero-order chi connectivity index (χ0) is 12.4. The molecule has 0 aliphatic heterocycles. The van der Waals surface area contributed by atoms with Crippen LogP contribution in [0.2, 0.25) is 0 Å². The Balaban J connectivity index is 1.66. The second kappa shape index (κ2) is 4.53. The molecule has 1 N–H and O–H groups in total. The number of nitrogens with one attached hydrogen (secondary N) is 1. The van der Waals surface area contributed by atoms with Crippen molar-refractivity contribution in [2.75, 3.05) is 0 Å². The van der Waals surface area contributed by atoms with Gasteiger partial charge in [-0.2, -0.15) is 0 Å². The number of carbonyl (C=O) groups excluding carboxylic acids is 1. The zero-order valence-electron chi connectivity index (χ0n) is 9.93. The molecule has 3 rings (SSSR count). The SMILES string of the molecule is O=C(NCc1ccccn1)C1(c2cccs2)CC1. The van der Waals surface area contributed by atoms with Gasteiger partial charge in [-0.3, -0.25) is 9.78 Å². The van der Waals surface area contributed by atoms with Gasteiger partial charge in [0.2, 0.25) is 5.91 Å². The maximum Gasteiger partial charge on any atom is 0.231 e. The number of aromatic nitrogens is 1. The molecule has 92 valence electrons. The summed E-state index contributed by atoms with van der Waals surface area (Å²) in [7, 11) is 0. The molecule has 1 aliphatic rings. The maximum atomic E-state index is 12.3.